The first-order chi connectivity index (χ1) is 19.3. The van der Waals surface area contributed by atoms with Crippen molar-refractivity contribution in [3.63, 3.8) is 0 Å². The van der Waals surface area contributed by atoms with Gasteiger partial charge in [0.05, 0.1) is 23.3 Å². The van der Waals surface area contributed by atoms with E-state index in [-0.39, 0.29) is 23.6 Å². The number of pyridine rings is 1. The molecule has 1 N–H and O–H groups in total. The molecule has 0 spiro atoms. The molecule has 3 aliphatic rings. The summed E-state index contributed by atoms with van der Waals surface area (Å²) in [5.74, 6) is 2.44. The quantitative estimate of drug-likeness (QED) is 0.451. The maximum absolute atomic E-state index is 13.3. The lowest BCUT2D eigenvalue weighted by molar-refractivity contribution is -0.137. The number of ether oxygens (including phenoxy) is 1. The van der Waals surface area contributed by atoms with Gasteiger partial charge in [0.1, 0.15) is 11.6 Å². The number of hydrogen-bond donors (Lipinski definition) is 1. The molecule has 3 fully saturated rings. The molecule has 0 atom stereocenters. The molecule has 2 aromatic rings. The molecule has 1 amide bonds. The number of hydrogen-bond acceptors (Lipinski definition) is 6. The highest BCUT2D eigenvalue weighted by molar-refractivity contribution is 5.76. The summed E-state index contributed by atoms with van der Waals surface area (Å²) >= 11 is 0. The van der Waals surface area contributed by atoms with Crippen LogP contribution in [0.2, 0.25) is 0 Å². The largest absolute Gasteiger partial charge is 0.490 e. The van der Waals surface area contributed by atoms with Crippen LogP contribution in [-0.4, -0.2) is 54.1 Å². The van der Waals surface area contributed by atoms with Gasteiger partial charge in [0.2, 0.25) is 5.91 Å². The lowest BCUT2D eigenvalue weighted by Crippen LogP contribution is -2.49. The van der Waals surface area contributed by atoms with Gasteiger partial charge in [0.15, 0.2) is 0 Å². The van der Waals surface area contributed by atoms with E-state index in [1.165, 1.54) is 37.8 Å². The number of rotatable bonds is 7. The molecule has 0 bridgehead atoms. The third-order valence-corrected chi connectivity index (χ3v) is 8.40. The number of amides is 1. The molecule has 2 aliphatic carbocycles. The minimum Gasteiger partial charge on any atom is -0.490 e. The van der Waals surface area contributed by atoms with Crippen LogP contribution in [0, 0.1) is 17.2 Å². The molecule has 0 unspecified atom stereocenters. The van der Waals surface area contributed by atoms with Gasteiger partial charge in [-0.3, -0.25) is 4.79 Å². The fraction of sp³-hybridized carbons (Fsp3) is 0.567. The lowest BCUT2D eigenvalue weighted by atomic mass is 9.92. The number of nitriles is 1. The summed E-state index contributed by atoms with van der Waals surface area (Å²) in [5, 5.41) is 12.2. The molecule has 7 nitrogen and oxygen atoms in total. The standard InChI is InChI=1S/C30H36F3N5O2/c31-30(32,33)27-18-24(6-5-22(27)20-34)36-23-7-9-25(10-8-23)40-26-11-12-35-28(19-26)37-13-15-38(16-14-37)29(39)17-21-3-1-2-4-21/h5-6,11-12,18-19,21,23,25,36H,1-4,7-10,13-17H2. The number of carbonyl (C=O) groups is 1. The van der Waals surface area contributed by atoms with Gasteiger partial charge in [-0.2, -0.15) is 18.4 Å². The van der Waals surface area contributed by atoms with E-state index >= 15 is 0 Å². The molecule has 2 heterocycles. The predicted molar refractivity (Wildman–Crippen MR) is 146 cm³/mol. The van der Waals surface area contributed by atoms with Crippen molar-refractivity contribution in [2.24, 2.45) is 5.92 Å². The van der Waals surface area contributed by atoms with Crippen LogP contribution < -0.4 is 15.0 Å². The number of piperazine rings is 1. The number of aromatic nitrogens is 1. The van der Waals surface area contributed by atoms with Crippen LogP contribution in [0.25, 0.3) is 0 Å². The Balaban J connectivity index is 1.09. The van der Waals surface area contributed by atoms with Crippen molar-refractivity contribution in [2.75, 3.05) is 36.4 Å². The molecule has 5 rings (SSSR count). The van der Waals surface area contributed by atoms with E-state index in [1.807, 2.05) is 17.0 Å². The fourth-order valence-corrected chi connectivity index (χ4v) is 6.14. The van der Waals surface area contributed by atoms with Crippen molar-refractivity contribution in [3.05, 3.63) is 47.7 Å². The average molecular weight is 556 g/mol. The second-order valence-electron chi connectivity index (χ2n) is 11.2. The van der Waals surface area contributed by atoms with Gasteiger partial charge >= 0.3 is 6.18 Å². The summed E-state index contributed by atoms with van der Waals surface area (Å²) in [5.41, 5.74) is -0.918. The fourth-order valence-electron chi connectivity index (χ4n) is 6.14. The molecular weight excluding hydrogens is 519 g/mol. The van der Waals surface area contributed by atoms with E-state index in [0.717, 1.165) is 56.4 Å². The third-order valence-electron chi connectivity index (χ3n) is 8.40. The molecule has 1 aliphatic heterocycles. The topological polar surface area (TPSA) is 81.5 Å². The summed E-state index contributed by atoms with van der Waals surface area (Å²) in [4.78, 5) is 21.4. The second kappa shape index (κ2) is 12.4. The Labute approximate surface area is 233 Å². The number of nitrogens with one attached hydrogen (secondary N) is 1. The number of carbonyl (C=O) groups excluding carboxylic acids is 1. The van der Waals surface area contributed by atoms with Crippen LogP contribution in [0.3, 0.4) is 0 Å². The maximum Gasteiger partial charge on any atom is 0.417 e. The number of nitrogens with zero attached hydrogens (tertiary/aromatic N) is 4. The van der Waals surface area contributed by atoms with Crippen molar-refractivity contribution in [2.45, 2.75) is 76.1 Å². The zero-order valence-corrected chi connectivity index (χ0v) is 22.6. The Morgan fingerprint density at radius 2 is 1.75 bits per heavy atom. The van der Waals surface area contributed by atoms with Gasteiger partial charge in [0, 0.05) is 56.6 Å². The molecule has 1 aromatic heterocycles. The third kappa shape index (κ3) is 6.98. The highest BCUT2D eigenvalue weighted by Gasteiger charge is 2.34. The summed E-state index contributed by atoms with van der Waals surface area (Å²) < 4.78 is 46.2. The van der Waals surface area contributed by atoms with Gasteiger partial charge in [-0.25, -0.2) is 4.98 Å². The van der Waals surface area contributed by atoms with E-state index in [4.69, 9.17) is 10.00 Å². The molecule has 40 heavy (non-hydrogen) atoms. The van der Waals surface area contributed by atoms with Crippen molar-refractivity contribution in [3.8, 4) is 11.8 Å². The monoisotopic (exact) mass is 555 g/mol. The number of halogens is 3. The normalized spacial score (nSPS) is 22.1. The average Bonchev–Trinajstić information content (AvgIpc) is 3.47. The van der Waals surface area contributed by atoms with Crippen molar-refractivity contribution in [1.82, 2.24) is 9.88 Å². The Hall–Kier alpha value is -3.48. The van der Waals surface area contributed by atoms with Gasteiger partial charge < -0.3 is 19.9 Å². The van der Waals surface area contributed by atoms with E-state index in [0.29, 0.717) is 31.1 Å². The first kappa shape index (κ1) is 28.1. The van der Waals surface area contributed by atoms with E-state index in [2.05, 4.69) is 15.2 Å². The summed E-state index contributed by atoms with van der Waals surface area (Å²) in [6, 6.07) is 9.22. The summed E-state index contributed by atoms with van der Waals surface area (Å²) in [7, 11) is 0. The van der Waals surface area contributed by atoms with Crippen LogP contribution in [-0.2, 0) is 11.0 Å². The smallest absolute Gasteiger partial charge is 0.417 e. The molecular formula is C30H36F3N5O2. The van der Waals surface area contributed by atoms with Crippen molar-refractivity contribution >= 4 is 17.4 Å². The Bertz CT molecular complexity index is 1210. The van der Waals surface area contributed by atoms with Gasteiger partial charge in [-0.05, 0) is 68.7 Å². The molecule has 0 radical (unpaired) electrons. The maximum atomic E-state index is 13.3. The number of anilines is 2. The minimum absolute atomic E-state index is 0.0186. The molecule has 1 saturated heterocycles. The van der Waals surface area contributed by atoms with Gasteiger partial charge in [-0.1, -0.05) is 12.8 Å². The van der Waals surface area contributed by atoms with Crippen LogP contribution in [0.15, 0.2) is 36.5 Å². The van der Waals surface area contributed by atoms with E-state index in [9.17, 15) is 18.0 Å². The first-order valence-electron chi connectivity index (χ1n) is 14.3. The van der Waals surface area contributed by atoms with Crippen molar-refractivity contribution < 1.29 is 22.7 Å². The van der Waals surface area contributed by atoms with Crippen LogP contribution >= 0.6 is 0 Å². The summed E-state index contributed by atoms with van der Waals surface area (Å²) in [6.07, 6.45) is 5.82. The van der Waals surface area contributed by atoms with Gasteiger partial charge in [0.25, 0.3) is 0 Å². The Morgan fingerprint density at radius 1 is 1.02 bits per heavy atom. The zero-order chi connectivity index (χ0) is 28.1. The van der Waals surface area contributed by atoms with Crippen molar-refractivity contribution in [1.29, 1.82) is 5.26 Å². The first-order valence-corrected chi connectivity index (χ1v) is 14.3. The SMILES string of the molecule is N#Cc1ccc(NC2CCC(Oc3ccnc(N4CCN(C(=O)CC5CCCC5)CC4)c3)CC2)cc1C(F)(F)F. The molecule has 214 valence electrons. The second-order valence-corrected chi connectivity index (χ2v) is 11.2. The Morgan fingerprint density at radius 3 is 2.42 bits per heavy atom. The molecule has 1 aromatic carbocycles. The highest BCUT2D eigenvalue weighted by atomic mass is 19.4. The Kier molecular flexibility index (Phi) is 8.67. The predicted octanol–water partition coefficient (Wildman–Crippen LogP) is 6.00. The minimum atomic E-state index is -4.57. The van der Waals surface area contributed by atoms with E-state index in [1.54, 1.807) is 12.3 Å². The lowest BCUT2D eigenvalue weighted by Gasteiger charge is -2.36. The van der Waals surface area contributed by atoms with E-state index < -0.39 is 11.7 Å². The number of benzene rings is 1. The number of alkyl halides is 3. The van der Waals surface area contributed by atoms with Crippen LogP contribution in [0.1, 0.15) is 68.9 Å². The zero-order valence-electron chi connectivity index (χ0n) is 22.6. The van der Waals surface area contributed by atoms with Gasteiger partial charge in [-0.15, -0.1) is 0 Å². The van der Waals surface area contributed by atoms with Crippen LogP contribution in [0.4, 0.5) is 24.7 Å². The molecule has 2 saturated carbocycles. The summed E-state index contributed by atoms with van der Waals surface area (Å²) in [6.45, 7) is 2.90. The molecule has 10 heteroatoms. The van der Waals surface area contributed by atoms with Crippen LogP contribution in [0.5, 0.6) is 5.75 Å². The highest BCUT2D eigenvalue weighted by Crippen LogP contribution is 2.35.